The molecule has 0 radical (unpaired) electrons. The Morgan fingerprint density at radius 3 is 2.47 bits per heavy atom. The third-order valence-corrected chi connectivity index (χ3v) is 3.06. The summed E-state index contributed by atoms with van der Waals surface area (Å²) >= 11 is 6.02. The number of hydrogen-bond donors (Lipinski definition) is 3. The first kappa shape index (κ1) is 12.4. The lowest BCUT2D eigenvalue weighted by atomic mass is 10.1. The fraction of sp³-hybridized carbons (Fsp3) is 0.125. The van der Waals surface area contributed by atoms with Crippen LogP contribution in [0, 0.1) is 5.82 Å². The number of carboxylic acid groups (broad SMARTS) is 1. The van der Waals surface area contributed by atoms with Crippen molar-refractivity contribution in [2.24, 2.45) is 5.73 Å². The molecule has 82 valence electrons. The topological polar surface area (TPSA) is 89.3 Å². The average Bonchev–Trinajstić information content (AvgIpc) is 2.15. The van der Waals surface area contributed by atoms with Gasteiger partial charge in [-0.2, -0.15) is 0 Å². The van der Waals surface area contributed by atoms with Crippen molar-refractivity contribution in [3.8, 4) is 0 Å². The predicted octanol–water partition coefficient (Wildman–Crippen LogP) is 2.02. The molecule has 0 amide bonds. The zero-order valence-corrected chi connectivity index (χ0v) is 10.5. The fourth-order valence-electron chi connectivity index (χ4n) is 1.06. The number of rotatable bonds is 2. The first-order chi connectivity index (χ1) is 6.86. The molecule has 0 bridgehead atoms. The highest BCUT2D eigenvalue weighted by atomic mass is 79.9. The quantitative estimate of drug-likeness (QED) is 0.567. The average molecular weight is 342 g/mol. The predicted molar refractivity (Wildman–Crippen MR) is 60.8 cm³/mol. The molecule has 5 N–H and O–H groups in total. The number of benzene rings is 1. The zero-order valence-electron chi connectivity index (χ0n) is 7.30. The standard InChI is InChI=1S/C8H7Br2FN2O2/c9-2-1-3(10)6(12)4(5(2)11)7(13)8(14)15/h1,7H,12-13H2,(H,14,15)/t7-/m0/s1. The van der Waals surface area contributed by atoms with E-state index in [1.807, 2.05) is 0 Å². The maximum absolute atomic E-state index is 13.6. The van der Waals surface area contributed by atoms with Crippen molar-refractivity contribution in [1.29, 1.82) is 0 Å². The van der Waals surface area contributed by atoms with Crippen LogP contribution in [0.5, 0.6) is 0 Å². The van der Waals surface area contributed by atoms with E-state index in [1.165, 1.54) is 6.07 Å². The molecule has 0 saturated heterocycles. The molecule has 4 nitrogen and oxygen atoms in total. The van der Waals surface area contributed by atoms with E-state index in [0.29, 0.717) is 4.47 Å². The smallest absolute Gasteiger partial charge is 0.325 e. The van der Waals surface area contributed by atoms with Gasteiger partial charge in [0, 0.05) is 10.0 Å². The van der Waals surface area contributed by atoms with Crippen molar-refractivity contribution in [3.63, 3.8) is 0 Å². The van der Waals surface area contributed by atoms with E-state index in [4.69, 9.17) is 16.6 Å². The van der Waals surface area contributed by atoms with Gasteiger partial charge in [0.25, 0.3) is 0 Å². The third kappa shape index (κ3) is 2.30. The van der Waals surface area contributed by atoms with Gasteiger partial charge in [0.1, 0.15) is 11.9 Å². The maximum Gasteiger partial charge on any atom is 0.325 e. The van der Waals surface area contributed by atoms with Crippen LogP contribution in [-0.4, -0.2) is 11.1 Å². The van der Waals surface area contributed by atoms with Gasteiger partial charge in [-0.25, -0.2) is 4.39 Å². The minimum absolute atomic E-state index is 0.00870. The minimum Gasteiger partial charge on any atom is -0.480 e. The Kier molecular flexibility index (Phi) is 3.69. The van der Waals surface area contributed by atoms with Crippen LogP contribution < -0.4 is 11.5 Å². The van der Waals surface area contributed by atoms with E-state index in [9.17, 15) is 9.18 Å². The van der Waals surface area contributed by atoms with Crippen LogP contribution in [0.25, 0.3) is 0 Å². The summed E-state index contributed by atoms with van der Waals surface area (Å²) in [6.07, 6.45) is 0. The first-order valence-electron chi connectivity index (χ1n) is 3.77. The summed E-state index contributed by atoms with van der Waals surface area (Å²) in [5.41, 5.74) is 10.6. The molecule has 0 aliphatic rings. The van der Waals surface area contributed by atoms with E-state index >= 15 is 0 Å². The minimum atomic E-state index is -1.49. The van der Waals surface area contributed by atoms with E-state index in [0.717, 1.165) is 0 Å². The molecule has 0 spiro atoms. The normalized spacial score (nSPS) is 12.5. The second-order valence-electron chi connectivity index (χ2n) is 2.80. The third-order valence-electron chi connectivity index (χ3n) is 1.82. The summed E-state index contributed by atoms with van der Waals surface area (Å²) in [6.45, 7) is 0. The van der Waals surface area contributed by atoms with Gasteiger partial charge in [0.05, 0.1) is 10.2 Å². The lowest BCUT2D eigenvalue weighted by Gasteiger charge is -2.13. The van der Waals surface area contributed by atoms with Gasteiger partial charge in [-0.15, -0.1) is 0 Å². The summed E-state index contributed by atoms with van der Waals surface area (Å²) in [6, 6.07) is -0.0956. The van der Waals surface area contributed by atoms with E-state index in [1.54, 1.807) is 0 Å². The van der Waals surface area contributed by atoms with Crippen LogP contribution in [0.3, 0.4) is 0 Å². The van der Waals surface area contributed by atoms with Gasteiger partial charge >= 0.3 is 5.97 Å². The maximum atomic E-state index is 13.6. The Balaban J connectivity index is 3.45. The van der Waals surface area contributed by atoms with Gasteiger partial charge in [-0.1, -0.05) is 0 Å². The largest absolute Gasteiger partial charge is 0.480 e. The second kappa shape index (κ2) is 4.46. The van der Waals surface area contributed by atoms with Crippen molar-refractivity contribution in [2.45, 2.75) is 6.04 Å². The van der Waals surface area contributed by atoms with Gasteiger partial charge in [-0.3, -0.25) is 4.79 Å². The Labute approximate surface area is 102 Å². The Morgan fingerprint density at radius 1 is 1.47 bits per heavy atom. The highest BCUT2D eigenvalue weighted by Crippen LogP contribution is 2.34. The number of nitrogens with two attached hydrogens (primary N) is 2. The van der Waals surface area contributed by atoms with Crippen LogP contribution in [0.1, 0.15) is 11.6 Å². The molecule has 0 aliphatic carbocycles. The number of halogens is 3. The van der Waals surface area contributed by atoms with Gasteiger partial charge in [0.15, 0.2) is 0 Å². The highest BCUT2D eigenvalue weighted by Gasteiger charge is 2.24. The Bertz CT molecular complexity index is 399. The molecule has 0 unspecified atom stereocenters. The molecule has 7 heteroatoms. The number of carbonyl (C=O) groups is 1. The number of anilines is 1. The molecule has 1 aromatic rings. The lowest BCUT2D eigenvalue weighted by Crippen LogP contribution is -2.23. The van der Waals surface area contributed by atoms with Crippen LogP contribution in [0.15, 0.2) is 15.0 Å². The fourth-order valence-corrected chi connectivity index (χ4v) is 2.25. The van der Waals surface area contributed by atoms with Crippen LogP contribution in [-0.2, 0) is 4.79 Å². The molecule has 0 saturated carbocycles. The molecule has 0 fully saturated rings. The summed E-state index contributed by atoms with van der Waals surface area (Å²) in [7, 11) is 0. The summed E-state index contributed by atoms with van der Waals surface area (Å²) < 4.78 is 14.1. The zero-order chi connectivity index (χ0) is 11.7. The van der Waals surface area contributed by atoms with E-state index in [-0.39, 0.29) is 15.7 Å². The molecule has 0 aliphatic heterocycles. The highest BCUT2D eigenvalue weighted by molar-refractivity contribution is 9.11. The number of nitrogen functional groups attached to an aromatic ring is 1. The van der Waals surface area contributed by atoms with Crippen LogP contribution in [0.2, 0.25) is 0 Å². The number of carboxylic acids is 1. The SMILES string of the molecule is Nc1c(Br)cc(Br)c(F)c1[C@H](N)C(=O)O. The lowest BCUT2D eigenvalue weighted by molar-refractivity contribution is -0.138. The van der Waals surface area contributed by atoms with Crippen molar-refractivity contribution in [2.75, 3.05) is 5.73 Å². The Morgan fingerprint density at radius 2 is 2.00 bits per heavy atom. The second-order valence-corrected chi connectivity index (χ2v) is 4.51. The summed E-state index contributed by atoms with van der Waals surface area (Å²) in [5, 5.41) is 8.69. The van der Waals surface area contributed by atoms with Crippen LogP contribution in [0.4, 0.5) is 10.1 Å². The molecule has 1 atom stereocenters. The first-order valence-corrected chi connectivity index (χ1v) is 5.36. The molecular formula is C8H7Br2FN2O2. The van der Waals surface area contributed by atoms with Gasteiger partial charge in [-0.05, 0) is 37.9 Å². The van der Waals surface area contributed by atoms with Crippen molar-refractivity contribution < 1.29 is 14.3 Å². The van der Waals surface area contributed by atoms with Gasteiger partial charge in [0.2, 0.25) is 0 Å². The van der Waals surface area contributed by atoms with Crippen LogP contribution >= 0.6 is 31.9 Å². The molecular weight excluding hydrogens is 335 g/mol. The molecule has 1 aromatic carbocycles. The summed E-state index contributed by atoms with van der Waals surface area (Å²) in [5.74, 6) is -2.10. The summed E-state index contributed by atoms with van der Waals surface area (Å²) in [4.78, 5) is 10.6. The molecule has 15 heavy (non-hydrogen) atoms. The molecule has 0 aromatic heterocycles. The molecule has 0 heterocycles. The van der Waals surface area contributed by atoms with E-state index < -0.39 is 17.8 Å². The van der Waals surface area contributed by atoms with Crippen molar-refractivity contribution in [1.82, 2.24) is 0 Å². The van der Waals surface area contributed by atoms with Gasteiger partial charge < -0.3 is 16.6 Å². The van der Waals surface area contributed by atoms with Crippen molar-refractivity contribution in [3.05, 3.63) is 26.4 Å². The monoisotopic (exact) mass is 340 g/mol. The Hall–Kier alpha value is -0.660. The molecule has 1 rings (SSSR count). The van der Waals surface area contributed by atoms with E-state index in [2.05, 4.69) is 31.9 Å². The van der Waals surface area contributed by atoms with Crippen molar-refractivity contribution >= 4 is 43.5 Å². The number of aliphatic carboxylic acids is 1. The number of hydrogen-bond acceptors (Lipinski definition) is 3.